The maximum Gasteiger partial charge on any atom is 0.240 e. The minimum atomic E-state index is -3.53. The number of hydrogen-bond donors (Lipinski definition) is 1. The highest BCUT2D eigenvalue weighted by Crippen LogP contribution is 2.15. The molecule has 1 aromatic heterocycles. The molecule has 0 saturated heterocycles. The van der Waals surface area contributed by atoms with Crippen LogP contribution in [0.4, 0.5) is 0 Å². The van der Waals surface area contributed by atoms with E-state index in [0.717, 1.165) is 0 Å². The van der Waals surface area contributed by atoms with Crippen molar-refractivity contribution in [1.82, 2.24) is 14.5 Å². The predicted octanol–water partition coefficient (Wildman–Crippen LogP) is 1.26. The summed E-state index contributed by atoms with van der Waals surface area (Å²) in [5.74, 6) is 0.619. The third-order valence-corrected chi connectivity index (χ3v) is 4.35. The molecule has 0 aliphatic rings. The average molecular weight is 295 g/mol. The summed E-state index contributed by atoms with van der Waals surface area (Å²) in [5, 5.41) is 4.05. The van der Waals surface area contributed by atoms with E-state index in [9.17, 15) is 8.42 Å². The Balaban J connectivity index is 2.05. The lowest BCUT2D eigenvalue weighted by Crippen LogP contribution is -2.35. The van der Waals surface area contributed by atoms with Crippen LogP contribution in [0.25, 0.3) is 0 Å². The molecule has 1 aromatic carbocycles. The number of rotatable bonds is 6. The minimum Gasteiger partial charge on any atom is -0.497 e. The molecule has 0 aliphatic heterocycles. The molecule has 0 spiro atoms. The van der Waals surface area contributed by atoms with Gasteiger partial charge in [-0.05, 0) is 37.3 Å². The van der Waals surface area contributed by atoms with Crippen LogP contribution in [0.3, 0.4) is 0 Å². The van der Waals surface area contributed by atoms with Gasteiger partial charge in [0, 0.05) is 18.4 Å². The predicted molar refractivity (Wildman–Crippen MR) is 75.0 cm³/mol. The molecular weight excluding hydrogens is 278 g/mol. The first kappa shape index (κ1) is 14.5. The van der Waals surface area contributed by atoms with Gasteiger partial charge < -0.3 is 4.74 Å². The van der Waals surface area contributed by atoms with Crippen LogP contribution in [0.15, 0.2) is 47.6 Å². The Labute approximate surface area is 118 Å². The summed E-state index contributed by atoms with van der Waals surface area (Å²) in [4.78, 5) is 0.214. The zero-order chi connectivity index (χ0) is 14.6. The van der Waals surface area contributed by atoms with Gasteiger partial charge in [0.2, 0.25) is 10.0 Å². The number of benzene rings is 1. The van der Waals surface area contributed by atoms with Crippen molar-refractivity contribution >= 4 is 10.0 Å². The van der Waals surface area contributed by atoms with Crippen LogP contribution in [0, 0.1) is 0 Å². The van der Waals surface area contributed by atoms with Crippen LogP contribution >= 0.6 is 0 Å². The molecule has 7 heteroatoms. The molecule has 0 bridgehead atoms. The number of methoxy groups -OCH3 is 1. The molecule has 0 aliphatic carbocycles. The lowest BCUT2D eigenvalue weighted by atomic mass is 10.3. The van der Waals surface area contributed by atoms with E-state index in [-0.39, 0.29) is 10.9 Å². The summed E-state index contributed by atoms with van der Waals surface area (Å²) in [6.07, 6.45) is 3.45. The first-order valence-corrected chi connectivity index (χ1v) is 7.63. The fraction of sp³-hybridized carbons (Fsp3) is 0.308. The molecule has 0 fully saturated rings. The van der Waals surface area contributed by atoms with Gasteiger partial charge in [0.25, 0.3) is 0 Å². The first-order chi connectivity index (χ1) is 9.51. The second-order valence-electron chi connectivity index (χ2n) is 4.43. The van der Waals surface area contributed by atoms with Gasteiger partial charge in [0.05, 0.1) is 18.6 Å². The highest BCUT2D eigenvalue weighted by atomic mass is 32.2. The van der Waals surface area contributed by atoms with E-state index >= 15 is 0 Å². The zero-order valence-corrected chi connectivity index (χ0v) is 12.2. The summed E-state index contributed by atoms with van der Waals surface area (Å²) >= 11 is 0. The smallest absolute Gasteiger partial charge is 0.240 e. The van der Waals surface area contributed by atoms with Gasteiger partial charge in [-0.25, -0.2) is 13.1 Å². The number of hydrogen-bond acceptors (Lipinski definition) is 4. The summed E-state index contributed by atoms with van der Waals surface area (Å²) in [6, 6.07) is 7.80. The van der Waals surface area contributed by atoms with Crippen LogP contribution in [-0.4, -0.2) is 31.3 Å². The maximum absolute atomic E-state index is 12.2. The monoisotopic (exact) mass is 295 g/mol. The van der Waals surface area contributed by atoms with Crippen LogP contribution in [0.5, 0.6) is 5.75 Å². The Kier molecular flexibility index (Phi) is 4.41. The Morgan fingerprint density at radius 3 is 2.60 bits per heavy atom. The third kappa shape index (κ3) is 3.58. The number of sulfonamides is 1. The Bertz CT molecular complexity index is 636. The molecule has 108 valence electrons. The van der Waals surface area contributed by atoms with Crippen molar-refractivity contribution in [1.29, 1.82) is 0 Å². The molecule has 0 radical (unpaired) electrons. The summed E-state index contributed by atoms with van der Waals surface area (Å²) in [5.41, 5.74) is 0. The second-order valence-corrected chi connectivity index (χ2v) is 6.14. The highest BCUT2D eigenvalue weighted by molar-refractivity contribution is 7.89. The summed E-state index contributed by atoms with van der Waals surface area (Å²) < 4.78 is 33.7. The van der Waals surface area contributed by atoms with E-state index < -0.39 is 10.0 Å². The van der Waals surface area contributed by atoms with Crippen molar-refractivity contribution in [2.75, 3.05) is 7.11 Å². The van der Waals surface area contributed by atoms with Gasteiger partial charge in [-0.1, -0.05) is 0 Å². The van der Waals surface area contributed by atoms with E-state index in [1.165, 1.54) is 19.2 Å². The molecular formula is C13H17N3O3S. The highest BCUT2D eigenvalue weighted by Gasteiger charge is 2.17. The zero-order valence-electron chi connectivity index (χ0n) is 11.4. The molecule has 20 heavy (non-hydrogen) atoms. The lowest BCUT2D eigenvalue weighted by Gasteiger charge is -2.14. The maximum atomic E-state index is 12.2. The van der Waals surface area contributed by atoms with Gasteiger partial charge in [0.15, 0.2) is 0 Å². The average Bonchev–Trinajstić information content (AvgIpc) is 2.91. The number of aromatic nitrogens is 2. The number of nitrogens with one attached hydrogen (secondary N) is 1. The van der Waals surface area contributed by atoms with Crippen LogP contribution in [-0.2, 0) is 16.6 Å². The number of ether oxygens (including phenoxy) is 1. The normalized spacial score (nSPS) is 13.1. The molecule has 0 saturated carbocycles. The van der Waals surface area contributed by atoms with Crippen LogP contribution in [0.2, 0.25) is 0 Å². The van der Waals surface area contributed by atoms with Gasteiger partial charge in [-0.3, -0.25) is 4.68 Å². The Morgan fingerprint density at radius 2 is 2.05 bits per heavy atom. The quantitative estimate of drug-likeness (QED) is 0.870. The van der Waals surface area contributed by atoms with Crippen LogP contribution in [0.1, 0.15) is 6.92 Å². The molecule has 6 nitrogen and oxygen atoms in total. The van der Waals surface area contributed by atoms with E-state index in [1.807, 2.05) is 0 Å². The first-order valence-electron chi connectivity index (χ1n) is 6.15. The van der Waals surface area contributed by atoms with Gasteiger partial charge in [-0.15, -0.1) is 0 Å². The Morgan fingerprint density at radius 1 is 1.35 bits per heavy atom. The molecule has 0 amide bonds. The van der Waals surface area contributed by atoms with E-state index in [4.69, 9.17) is 4.74 Å². The molecule has 2 aromatic rings. The molecule has 1 atom stereocenters. The van der Waals surface area contributed by atoms with Crippen molar-refractivity contribution in [3.63, 3.8) is 0 Å². The van der Waals surface area contributed by atoms with Crippen molar-refractivity contribution in [3.05, 3.63) is 42.7 Å². The molecule has 0 unspecified atom stereocenters. The van der Waals surface area contributed by atoms with Gasteiger partial charge >= 0.3 is 0 Å². The standard InChI is InChI=1S/C13H17N3O3S/c1-11(10-16-9-3-8-14-16)15-20(17,18)13-6-4-12(19-2)5-7-13/h3-9,11,15H,10H2,1-2H3/t11-/m1/s1. The second kappa shape index (κ2) is 6.06. The fourth-order valence-electron chi connectivity index (χ4n) is 1.81. The van der Waals surface area contributed by atoms with E-state index in [0.29, 0.717) is 12.3 Å². The lowest BCUT2D eigenvalue weighted by molar-refractivity contribution is 0.414. The van der Waals surface area contributed by atoms with Gasteiger partial charge in [0.1, 0.15) is 5.75 Å². The summed E-state index contributed by atoms with van der Waals surface area (Å²) in [6.45, 7) is 2.27. The largest absolute Gasteiger partial charge is 0.497 e. The minimum absolute atomic E-state index is 0.214. The van der Waals surface area contributed by atoms with Crippen LogP contribution < -0.4 is 9.46 Å². The van der Waals surface area contributed by atoms with Crippen molar-refractivity contribution in [2.45, 2.75) is 24.4 Å². The van der Waals surface area contributed by atoms with E-state index in [1.54, 1.807) is 42.2 Å². The van der Waals surface area contributed by atoms with Crippen molar-refractivity contribution < 1.29 is 13.2 Å². The summed E-state index contributed by atoms with van der Waals surface area (Å²) in [7, 11) is -2.00. The molecule has 1 N–H and O–H groups in total. The molecule has 2 rings (SSSR count). The van der Waals surface area contributed by atoms with E-state index in [2.05, 4.69) is 9.82 Å². The fourth-order valence-corrected chi connectivity index (χ4v) is 3.05. The Hall–Kier alpha value is -1.86. The van der Waals surface area contributed by atoms with Gasteiger partial charge in [-0.2, -0.15) is 5.10 Å². The van der Waals surface area contributed by atoms with Crippen molar-refractivity contribution in [3.8, 4) is 5.75 Å². The third-order valence-electron chi connectivity index (χ3n) is 2.75. The topological polar surface area (TPSA) is 73.2 Å². The SMILES string of the molecule is COc1ccc(S(=O)(=O)N[C@H](C)Cn2cccn2)cc1. The molecule has 1 heterocycles. The number of nitrogens with zero attached hydrogens (tertiary/aromatic N) is 2. The van der Waals surface area contributed by atoms with Crippen molar-refractivity contribution in [2.24, 2.45) is 0 Å².